The summed E-state index contributed by atoms with van der Waals surface area (Å²) < 4.78 is 12.7. The van der Waals surface area contributed by atoms with Gasteiger partial charge < -0.3 is 9.47 Å². The van der Waals surface area contributed by atoms with Crippen LogP contribution in [0.5, 0.6) is 0 Å². The lowest BCUT2D eigenvalue weighted by Crippen LogP contribution is -2.67. The van der Waals surface area contributed by atoms with Crippen LogP contribution in [0.15, 0.2) is 0 Å². The molecular weight excluding hydrogens is 432 g/mol. The molecule has 1 heterocycles. The fourth-order valence-electron chi connectivity index (χ4n) is 12.4. The van der Waals surface area contributed by atoms with Gasteiger partial charge in [0.2, 0.25) is 0 Å². The molecule has 5 aliphatic carbocycles. The van der Waals surface area contributed by atoms with Gasteiger partial charge in [-0.25, -0.2) is 0 Å². The van der Waals surface area contributed by atoms with Gasteiger partial charge in [0.1, 0.15) is 6.10 Å². The van der Waals surface area contributed by atoms with Crippen molar-refractivity contribution in [3.05, 3.63) is 0 Å². The summed E-state index contributed by atoms with van der Waals surface area (Å²) in [6.45, 7) is 20.5. The van der Waals surface area contributed by atoms with Crippen LogP contribution in [0.4, 0.5) is 0 Å². The molecular formula is C32H52O3. The highest BCUT2D eigenvalue weighted by Gasteiger charge is 2.72. The van der Waals surface area contributed by atoms with Gasteiger partial charge in [0.05, 0.1) is 12.7 Å². The Bertz CT molecular complexity index is 906. The molecule has 6 aliphatic rings. The molecule has 10 atom stereocenters. The monoisotopic (exact) mass is 484 g/mol. The third-order valence-electron chi connectivity index (χ3n) is 14.4. The van der Waals surface area contributed by atoms with Crippen molar-refractivity contribution in [3.63, 3.8) is 0 Å². The predicted octanol–water partition coefficient (Wildman–Crippen LogP) is 7.81. The molecule has 0 radical (unpaired) electrons. The van der Waals surface area contributed by atoms with Crippen LogP contribution in [0.1, 0.15) is 120 Å². The first-order valence-electron chi connectivity index (χ1n) is 15.0. The maximum atomic E-state index is 11.9. The van der Waals surface area contributed by atoms with E-state index in [0.717, 1.165) is 30.8 Å². The van der Waals surface area contributed by atoms with Gasteiger partial charge in [0.15, 0.2) is 0 Å². The van der Waals surface area contributed by atoms with E-state index in [-0.39, 0.29) is 17.5 Å². The first kappa shape index (κ1) is 24.7. The molecule has 6 fully saturated rings. The van der Waals surface area contributed by atoms with Crippen molar-refractivity contribution in [1.29, 1.82) is 0 Å². The van der Waals surface area contributed by atoms with E-state index in [1.54, 1.807) is 6.92 Å². The zero-order valence-electron chi connectivity index (χ0n) is 24.0. The van der Waals surface area contributed by atoms with Crippen molar-refractivity contribution in [2.45, 2.75) is 132 Å². The SMILES string of the molecule is CC(=O)OC1CC[C@@]2(C)C(CC[C@]3(C)C2CCC2C4C5OCC4(CCC5(C)C)CC[C@]23C)C1(C)C. The van der Waals surface area contributed by atoms with Crippen LogP contribution in [0.2, 0.25) is 0 Å². The van der Waals surface area contributed by atoms with Gasteiger partial charge in [0, 0.05) is 12.3 Å². The minimum Gasteiger partial charge on any atom is -0.462 e. The second-order valence-electron chi connectivity index (χ2n) is 16.2. The molecule has 0 spiro atoms. The predicted molar refractivity (Wildman–Crippen MR) is 140 cm³/mol. The van der Waals surface area contributed by atoms with Crippen LogP contribution in [0.25, 0.3) is 0 Å². The van der Waals surface area contributed by atoms with Crippen molar-refractivity contribution < 1.29 is 14.3 Å². The standard InChI is InChI=1S/C32H52O3/c1-20(33)35-24-12-13-29(6)22(28(24,4)5)11-14-31(8)23(29)10-9-21-25-26-27(2,3)15-17-32(25,19-34-26)18-16-30(21,31)7/h21-26H,9-19H2,1-8H3/t21?,22?,23?,24?,25?,26?,29-,30+,31+,32?/m0/s1. The number of carbonyl (C=O) groups excluding carboxylic acids is 1. The number of ether oxygens (including phenoxy) is 2. The zero-order chi connectivity index (χ0) is 25.2. The highest BCUT2D eigenvalue weighted by Crippen LogP contribution is 2.78. The van der Waals surface area contributed by atoms with E-state index in [0.29, 0.717) is 39.1 Å². The van der Waals surface area contributed by atoms with E-state index in [9.17, 15) is 4.79 Å². The molecule has 0 amide bonds. The van der Waals surface area contributed by atoms with Crippen molar-refractivity contribution in [1.82, 2.24) is 0 Å². The Kier molecular flexibility index (Phi) is 5.16. The first-order chi connectivity index (χ1) is 16.2. The summed E-state index contributed by atoms with van der Waals surface area (Å²) >= 11 is 0. The molecule has 5 saturated carbocycles. The Labute approximate surface area is 214 Å². The topological polar surface area (TPSA) is 35.5 Å². The van der Waals surface area contributed by atoms with Gasteiger partial charge in [-0.05, 0) is 115 Å². The number of carbonyl (C=O) groups is 1. The molecule has 6 rings (SSSR count). The smallest absolute Gasteiger partial charge is 0.302 e. The van der Waals surface area contributed by atoms with Gasteiger partial charge in [-0.2, -0.15) is 0 Å². The van der Waals surface area contributed by atoms with E-state index in [1.165, 1.54) is 57.8 Å². The minimum absolute atomic E-state index is 0.0503. The molecule has 3 nitrogen and oxygen atoms in total. The lowest BCUT2D eigenvalue weighted by atomic mass is 9.31. The lowest BCUT2D eigenvalue weighted by molar-refractivity contribution is -0.254. The van der Waals surface area contributed by atoms with Crippen LogP contribution in [-0.2, 0) is 14.3 Å². The van der Waals surface area contributed by atoms with Crippen LogP contribution in [0, 0.1) is 56.2 Å². The first-order valence-corrected chi connectivity index (χ1v) is 15.0. The zero-order valence-corrected chi connectivity index (χ0v) is 24.0. The third kappa shape index (κ3) is 2.97. The van der Waals surface area contributed by atoms with Crippen LogP contribution in [0.3, 0.4) is 0 Å². The molecule has 0 aromatic heterocycles. The van der Waals surface area contributed by atoms with Gasteiger partial charge in [-0.1, -0.05) is 48.5 Å². The Morgan fingerprint density at radius 3 is 2.20 bits per heavy atom. The summed E-state index contributed by atoms with van der Waals surface area (Å²) in [7, 11) is 0. The molecule has 3 heteroatoms. The van der Waals surface area contributed by atoms with Gasteiger partial charge in [0.25, 0.3) is 0 Å². The van der Waals surface area contributed by atoms with Crippen molar-refractivity contribution in [3.8, 4) is 0 Å². The Hall–Kier alpha value is -0.570. The molecule has 35 heavy (non-hydrogen) atoms. The van der Waals surface area contributed by atoms with Crippen LogP contribution < -0.4 is 0 Å². The number of rotatable bonds is 1. The van der Waals surface area contributed by atoms with E-state index >= 15 is 0 Å². The van der Waals surface area contributed by atoms with Crippen molar-refractivity contribution >= 4 is 5.97 Å². The Morgan fingerprint density at radius 1 is 0.771 bits per heavy atom. The highest BCUT2D eigenvalue weighted by molar-refractivity contribution is 5.66. The summed E-state index contributed by atoms with van der Waals surface area (Å²) in [6.07, 6.45) is 13.7. The second kappa shape index (κ2) is 7.29. The number of hydrogen-bond acceptors (Lipinski definition) is 3. The number of esters is 1. The highest BCUT2D eigenvalue weighted by atomic mass is 16.5. The van der Waals surface area contributed by atoms with Gasteiger partial charge in [-0.3, -0.25) is 4.79 Å². The summed E-state index contributed by atoms with van der Waals surface area (Å²) in [5, 5.41) is 0. The number of fused-ring (bicyclic) bond motifs is 5. The fraction of sp³-hybridized carbons (Fsp3) is 0.969. The summed E-state index contributed by atoms with van der Waals surface area (Å²) in [5.41, 5.74) is 2.00. The summed E-state index contributed by atoms with van der Waals surface area (Å²) in [6, 6.07) is 0. The van der Waals surface area contributed by atoms with E-state index in [4.69, 9.17) is 9.47 Å². The largest absolute Gasteiger partial charge is 0.462 e. The Balaban J connectivity index is 1.35. The van der Waals surface area contributed by atoms with E-state index in [1.807, 2.05) is 0 Å². The molecule has 1 aliphatic heterocycles. The maximum absolute atomic E-state index is 11.9. The van der Waals surface area contributed by atoms with Crippen LogP contribution in [-0.4, -0.2) is 24.8 Å². The lowest BCUT2D eigenvalue weighted by Gasteiger charge is -2.73. The maximum Gasteiger partial charge on any atom is 0.302 e. The van der Waals surface area contributed by atoms with Gasteiger partial charge in [-0.15, -0.1) is 0 Å². The molecule has 7 unspecified atom stereocenters. The van der Waals surface area contributed by atoms with Crippen molar-refractivity contribution in [2.24, 2.45) is 56.2 Å². The molecule has 0 aromatic rings. The average Bonchev–Trinajstić information content (AvgIpc) is 3.10. The third-order valence-corrected chi connectivity index (χ3v) is 14.4. The second-order valence-corrected chi connectivity index (χ2v) is 16.2. The van der Waals surface area contributed by atoms with Crippen molar-refractivity contribution in [2.75, 3.05) is 6.61 Å². The summed E-state index contributed by atoms with van der Waals surface area (Å²) in [4.78, 5) is 11.9. The summed E-state index contributed by atoms with van der Waals surface area (Å²) in [5.74, 6) is 2.88. The fourth-order valence-corrected chi connectivity index (χ4v) is 12.4. The van der Waals surface area contributed by atoms with Gasteiger partial charge >= 0.3 is 5.97 Å². The number of hydrogen-bond donors (Lipinski definition) is 0. The van der Waals surface area contributed by atoms with E-state index < -0.39 is 0 Å². The van der Waals surface area contributed by atoms with E-state index in [2.05, 4.69) is 48.5 Å². The molecule has 0 aromatic carbocycles. The molecule has 0 N–H and O–H groups in total. The average molecular weight is 485 g/mol. The molecule has 1 saturated heterocycles. The molecule has 2 bridgehead atoms. The Morgan fingerprint density at radius 2 is 1.49 bits per heavy atom. The molecule has 198 valence electrons. The normalized spacial score (nSPS) is 55.7. The quantitative estimate of drug-likeness (QED) is 0.356. The van der Waals surface area contributed by atoms with Crippen LogP contribution >= 0.6 is 0 Å². The minimum atomic E-state index is -0.108.